The monoisotopic (exact) mass is 493 g/mol. The largest absolute Gasteiger partial charge is 0.488 e. The summed E-state index contributed by atoms with van der Waals surface area (Å²) < 4.78 is 12.1. The minimum Gasteiger partial charge on any atom is -0.488 e. The van der Waals surface area contributed by atoms with E-state index in [4.69, 9.17) is 14.9 Å². The Balaban J connectivity index is 1.50. The molecule has 4 N–H and O–H groups in total. The molecule has 5 aromatic rings. The number of aromatic nitrogens is 1. The van der Waals surface area contributed by atoms with E-state index in [1.54, 1.807) is 30.7 Å². The first kappa shape index (κ1) is 24.1. The third-order valence-electron chi connectivity index (χ3n) is 6.15. The molecule has 0 aliphatic rings. The zero-order valence-corrected chi connectivity index (χ0v) is 20.2. The van der Waals surface area contributed by atoms with Gasteiger partial charge in [-0.05, 0) is 52.6 Å². The van der Waals surface area contributed by atoms with Crippen LogP contribution in [-0.2, 0) is 30.9 Å². The molecule has 37 heavy (non-hydrogen) atoms. The molecule has 0 saturated carbocycles. The van der Waals surface area contributed by atoms with Crippen LogP contribution in [0.2, 0.25) is 0 Å². The molecule has 3 aromatic carbocycles. The SMILES string of the molecule is NCc1cccc(-c2cc(NCc3cccnc3)c3occ(COc4ccccc4CC(=O)O)c3c2)c1. The number of fused-ring (bicyclic) bond motifs is 1. The van der Waals surface area contributed by atoms with Gasteiger partial charge in [-0.25, -0.2) is 0 Å². The van der Waals surface area contributed by atoms with Crippen molar-refractivity contribution in [2.75, 3.05) is 5.32 Å². The molecule has 0 bridgehead atoms. The molecule has 186 valence electrons. The summed E-state index contributed by atoms with van der Waals surface area (Å²) in [7, 11) is 0. The summed E-state index contributed by atoms with van der Waals surface area (Å²) in [5.74, 6) is -0.362. The molecule has 0 radical (unpaired) electrons. The van der Waals surface area contributed by atoms with Crippen LogP contribution < -0.4 is 15.8 Å². The van der Waals surface area contributed by atoms with E-state index >= 15 is 0 Å². The number of anilines is 1. The van der Waals surface area contributed by atoms with Crippen LogP contribution >= 0.6 is 0 Å². The van der Waals surface area contributed by atoms with Crippen molar-refractivity contribution in [2.45, 2.75) is 26.1 Å². The molecule has 7 heteroatoms. The highest BCUT2D eigenvalue weighted by molar-refractivity contribution is 5.96. The van der Waals surface area contributed by atoms with Gasteiger partial charge in [0.1, 0.15) is 12.4 Å². The van der Waals surface area contributed by atoms with Crippen molar-refractivity contribution in [3.63, 3.8) is 0 Å². The number of carboxylic acid groups (broad SMARTS) is 1. The van der Waals surface area contributed by atoms with Gasteiger partial charge in [0, 0.05) is 42.0 Å². The van der Waals surface area contributed by atoms with E-state index in [9.17, 15) is 9.90 Å². The molecule has 0 atom stereocenters. The van der Waals surface area contributed by atoms with Gasteiger partial charge in [0.2, 0.25) is 0 Å². The molecule has 0 spiro atoms. The fourth-order valence-corrected chi connectivity index (χ4v) is 4.28. The number of pyridine rings is 1. The lowest BCUT2D eigenvalue weighted by Crippen LogP contribution is -2.04. The molecule has 0 aliphatic heterocycles. The van der Waals surface area contributed by atoms with E-state index in [1.807, 2.05) is 36.5 Å². The quantitative estimate of drug-likeness (QED) is 0.226. The normalized spacial score (nSPS) is 10.9. The van der Waals surface area contributed by atoms with E-state index in [0.717, 1.165) is 44.5 Å². The molecule has 0 fully saturated rings. The second-order valence-electron chi connectivity index (χ2n) is 8.75. The molecule has 5 rings (SSSR count). The number of carbonyl (C=O) groups is 1. The predicted octanol–water partition coefficient (Wildman–Crippen LogP) is 5.77. The first-order valence-electron chi connectivity index (χ1n) is 12.0. The molecule has 0 saturated heterocycles. The van der Waals surface area contributed by atoms with Crippen molar-refractivity contribution < 1.29 is 19.1 Å². The Morgan fingerprint density at radius 3 is 2.65 bits per heavy atom. The van der Waals surface area contributed by atoms with Crippen LogP contribution in [-0.4, -0.2) is 16.1 Å². The van der Waals surface area contributed by atoms with Gasteiger partial charge in [-0.2, -0.15) is 0 Å². The summed E-state index contributed by atoms with van der Waals surface area (Å²) >= 11 is 0. The second-order valence-corrected chi connectivity index (χ2v) is 8.75. The number of furan rings is 1. The standard InChI is InChI=1S/C30H27N3O4/c31-15-20-5-3-8-22(11-20)24-12-26-25(18-36-28-9-2-1-7-23(28)14-29(34)35)19-37-30(26)27(13-24)33-17-21-6-4-10-32-16-21/h1-13,16,19,33H,14-15,17-18,31H2,(H,34,35). The van der Waals surface area contributed by atoms with Gasteiger partial charge in [-0.15, -0.1) is 0 Å². The average Bonchev–Trinajstić information content (AvgIpc) is 3.34. The second kappa shape index (κ2) is 11.0. The van der Waals surface area contributed by atoms with E-state index in [-0.39, 0.29) is 13.0 Å². The highest BCUT2D eigenvalue weighted by Crippen LogP contribution is 2.35. The lowest BCUT2D eigenvalue weighted by Gasteiger charge is -2.12. The topological polar surface area (TPSA) is 111 Å². The van der Waals surface area contributed by atoms with Crippen molar-refractivity contribution in [2.24, 2.45) is 5.73 Å². The van der Waals surface area contributed by atoms with Crippen LogP contribution in [0.25, 0.3) is 22.1 Å². The highest BCUT2D eigenvalue weighted by atomic mass is 16.5. The number of nitrogens with one attached hydrogen (secondary N) is 1. The lowest BCUT2D eigenvalue weighted by molar-refractivity contribution is -0.136. The Bertz CT molecular complexity index is 1530. The molecule has 2 heterocycles. The molecular formula is C30H27N3O4. The number of hydrogen-bond acceptors (Lipinski definition) is 6. The molecule has 0 amide bonds. The summed E-state index contributed by atoms with van der Waals surface area (Å²) in [6.45, 7) is 1.28. The molecule has 0 aliphatic carbocycles. The summed E-state index contributed by atoms with van der Waals surface area (Å²) in [5, 5.41) is 13.6. The van der Waals surface area contributed by atoms with Crippen LogP contribution in [0.5, 0.6) is 5.75 Å². The van der Waals surface area contributed by atoms with Gasteiger partial charge in [-0.1, -0.05) is 42.5 Å². The number of carboxylic acids is 1. The van der Waals surface area contributed by atoms with Crippen molar-refractivity contribution >= 4 is 22.6 Å². The van der Waals surface area contributed by atoms with Crippen molar-refractivity contribution in [1.29, 1.82) is 0 Å². The predicted molar refractivity (Wildman–Crippen MR) is 143 cm³/mol. The number of rotatable bonds is 10. The number of hydrogen-bond donors (Lipinski definition) is 3. The zero-order valence-electron chi connectivity index (χ0n) is 20.2. The Labute approximate surface area is 214 Å². The fourth-order valence-electron chi connectivity index (χ4n) is 4.28. The number of aliphatic carboxylic acids is 1. The van der Waals surface area contributed by atoms with Gasteiger partial charge >= 0.3 is 5.97 Å². The van der Waals surface area contributed by atoms with Crippen molar-refractivity contribution in [3.8, 4) is 16.9 Å². The van der Waals surface area contributed by atoms with E-state index < -0.39 is 5.97 Å². The van der Waals surface area contributed by atoms with Crippen LogP contribution in [0.15, 0.2) is 95.9 Å². The third kappa shape index (κ3) is 5.63. The number of benzene rings is 3. The molecular weight excluding hydrogens is 466 g/mol. The van der Waals surface area contributed by atoms with Crippen LogP contribution in [0.1, 0.15) is 22.3 Å². The van der Waals surface area contributed by atoms with Crippen LogP contribution in [0.4, 0.5) is 5.69 Å². The Hall–Kier alpha value is -4.62. The first-order chi connectivity index (χ1) is 18.1. The van der Waals surface area contributed by atoms with E-state index in [1.165, 1.54) is 0 Å². The number of nitrogens with zero attached hydrogens (tertiary/aromatic N) is 1. The van der Waals surface area contributed by atoms with E-state index in [0.29, 0.717) is 24.4 Å². The lowest BCUT2D eigenvalue weighted by atomic mass is 9.99. The van der Waals surface area contributed by atoms with E-state index in [2.05, 4.69) is 34.6 Å². The van der Waals surface area contributed by atoms with Crippen LogP contribution in [0, 0.1) is 0 Å². The van der Waals surface area contributed by atoms with Gasteiger partial charge in [0.05, 0.1) is 18.4 Å². The Morgan fingerprint density at radius 1 is 0.973 bits per heavy atom. The molecule has 0 unspecified atom stereocenters. The average molecular weight is 494 g/mol. The summed E-state index contributed by atoms with van der Waals surface area (Å²) in [5.41, 5.74) is 13.1. The van der Waals surface area contributed by atoms with Crippen molar-refractivity contribution in [1.82, 2.24) is 4.98 Å². The summed E-state index contributed by atoms with van der Waals surface area (Å²) in [6.07, 6.45) is 5.17. The minimum atomic E-state index is -0.904. The van der Waals surface area contributed by atoms with Gasteiger partial charge in [-0.3, -0.25) is 9.78 Å². The maximum Gasteiger partial charge on any atom is 0.307 e. The summed E-state index contributed by atoms with van der Waals surface area (Å²) in [6, 6.07) is 23.4. The zero-order chi connectivity index (χ0) is 25.6. The Kier molecular flexibility index (Phi) is 7.14. The molecule has 7 nitrogen and oxygen atoms in total. The van der Waals surface area contributed by atoms with Gasteiger partial charge in [0.25, 0.3) is 0 Å². The smallest absolute Gasteiger partial charge is 0.307 e. The number of para-hydroxylation sites is 1. The number of nitrogens with two attached hydrogens (primary N) is 1. The van der Waals surface area contributed by atoms with Gasteiger partial charge < -0.3 is 25.3 Å². The Morgan fingerprint density at radius 2 is 1.84 bits per heavy atom. The maximum atomic E-state index is 11.3. The molecule has 2 aromatic heterocycles. The summed E-state index contributed by atoms with van der Waals surface area (Å²) in [4.78, 5) is 15.5. The highest BCUT2D eigenvalue weighted by Gasteiger charge is 2.15. The van der Waals surface area contributed by atoms with Crippen molar-refractivity contribution in [3.05, 3.63) is 114 Å². The maximum absolute atomic E-state index is 11.3. The number of ether oxygens (including phenoxy) is 1. The van der Waals surface area contributed by atoms with Gasteiger partial charge in [0.15, 0.2) is 5.58 Å². The minimum absolute atomic E-state index is 0.105. The third-order valence-corrected chi connectivity index (χ3v) is 6.15. The van der Waals surface area contributed by atoms with Crippen LogP contribution in [0.3, 0.4) is 0 Å². The fraction of sp³-hybridized carbons (Fsp3) is 0.133. The first-order valence-corrected chi connectivity index (χ1v) is 12.0.